The second-order valence-electron chi connectivity index (χ2n) is 3.41. The Hall–Kier alpha value is -1.98. The molecule has 1 aromatic carbocycles. The van der Waals surface area contributed by atoms with E-state index in [1.807, 2.05) is 0 Å². The number of halogens is 2. The van der Waals surface area contributed by atoms with Gasteiger partial charge in [0.1, 0.15) is 6.04 Å². The Labute approximate surface area is 97.0 Å². The van der Waals surface area contributed by atoms with Crippen molar-refractivity contribution < 1.29 is 18.4 Å². The van der Waals surface area contributed by atoms with Crippen LogP contribution in [0.5, 0.6) is 0 Å². The molecule has 0 saturated carbocycles. The molecule has 0 bridgehead atoms. The van der Waals surface area contributed by atoms with Crippen molar-refractivity contribution >= 4 is 11.8 Å². The lowest BCUT2D eigenvalue weighted by Crippen LogP contribution is -2.43. The average Bonchev–Trinajstić information content (AvgIpc) is 2.31. The van der Waals surface area contributed by atoms with E-state index in [1.54, 1.807) is 0 Å². The fourth-order valence-electron chi connectivity index (χ4n) is 1.24. The molecule has 1 unspecified atom stereocenters. The van der Waals surface area contributed by atoms with Crippen LogP contribution in [0.2, 0.25) is 0 Å². The van der Waals surface area contributed by atoms with Gasteiger partial charge in [-0.3, -0.25) is 9.59 Å². The summed E-state index contributed by atoms with van der Waals surface area (Å²) < 4.78 is 26.1. The molecule has 6 heteroatoms. The Morgan fingerprint density at radius 3 is 2.53 bits per heavy atom. The smallest absolute Gasteiger partial charge is 0.255 e. The Morgan fingerprint density at radius 1 is 1.29 bits per heavy atom. The maximum Gasteiger partial charge on any atom is 0.255 e. The molecule has 0 aliphatic heterocycles. The molecule has 92 valence electrons. The van der Waals surface area contributed by atoms with Gasteiger partial charge in [0.2, 0.25) is 5.91 Å². The van der Waals surface area contributed by atoms with Crippen molar-refractivity contribution in [2.24, 2.45) is 0 Å². The first-order chi connectivity index (χ1) is 7.97. The first-order valence-corrected chi connectivity index (χ1v) is 4.93. The van der Waals surface area contributed by atoms with E-state index in [2.05, 4.69) is 10.6 Å². The molecule has 0 saturated heterocycles. The topological polar surface area (TPSA) is 58.2 Å². The highest BCUT2D eigenvalue weighted by atomic mass is 19.2. The van der Waals surface area contributed by atoms with E-state index >= 15 is 0 Å². The minimum absolute atomic E-state index is 0.421. The van der Waals surface area contributed by atoms with E-state index in [1.165, 1.54) is 20.0 Å². The normalized spacial score (nSPS) is 11.8. The molecule has 0 aliphatic rings. The van der Waals surface area contributed by atoms with Gasteiger partial charge in [-0.1, -0.05) is 6.07 Å². The first kappa shape index (κ1) is 13.1. The van der Waals surface area contributed by atoms with E-state index in [0.29, 0.717) is 0 Å². The van der Waals surface area contributed by atoms with E-state index < -0.39 is 35.1 Å². The van der Waals surface area contributed by atoms with Crippen LogP contribution in [0.1, 0.15) is 17.3 Å². The fourth-order valence-corrected chi connectivity index (χ4v) is 1.24. The van der Waals surface area contributed by atoms with Crippen LogP contribution in [-0.4, -0.2) is 24.9 Å². The van der Waals surface area contributed by atoms with Crippen LogP contribution < -0.4 is 10.6 Å². The highest BCUT2D eigenvalue weighted by molar-refractivity contribution is 5.97. The maximum atomic E-state index is 13.2. The molecule has 1 aromatic rings. The molecule has 2 N–H and O–H groups in total. The maximum absolute atomic E-state index is 13.2. The Balaban J connectivity index is 2.84. The van der Waals surface area contributed by atoms with Crippen LogP contribution >= 0.6 is 0 Å². The van der Waals surface area contributed by atoms with Crippen molar-refractivity contribution in [3.8, 4) is 0 Å². The van der Waals surface area contributed by atoms with Gasteiger partial charge in [-0.25, -0.2) is 8.78 Å². The molecule has 0 aromatic heterocycles. The SMILES string of the molecule is CNC(=O)C(C)NC(=O)c1cccc(F)c1F. The van der Waals surface area contributed by atoms with Crippen LogP contribution in [0.3, 0.4) is 0 Å². The van der Waals surface area contributed by atoms with Gasteiger partial charge >= 0.3 is 0 Å². The third-order valence-corrected chi connectivity index (χ3v) is 2.18. The highest BCUT2D eigenvalue weighted by Gasteiger charge is 2.19. The van der Waals surface area contributed by atoms with Crippen molar-refractivity contribution in [2.75, 3.05) is 7.05 Å². The largest absolute Gasteiger partial charge is 0.357 e. The number of hydrogen-bond acceptors (Lipinski definition) is 2. The quantitative estimate of drug-likeness (QED) is 0.824. The highest BCUT2D eigenvalue weighted by Crippen LogP contribution is 2.11. The summed E-state index contributed by atoms with van der Waals surface area (Å²) in [7, 11) is 1.41. The summed E-state index contributed by atoms with van der Waals surface area (Å²) in [6, 6.07) is 2.45. The standard InChI is InChI=1S/C11H12F2N2O2/c1-6(10(16)14-2)15-11(17)7-4-3-5-8(12)9(7)13/h3-6H,1-2H3,(H,14,16)(H,15,17). The van der Waals surface area contributed by atoms with Crippen LogP contribution in [0.15, 0.2) is 18.2 Å². The molecule has 0 fully saturated rings. The molecule has 0 aliphatic carbocycles. The number of carbonyl (C=O) groups excluding carboxylic acids is 2. The van der Waals surface area contributed by atoms with Crippen molar-refractivity contribution in [3.63, 3.8) is 0 Å². The minimum atomic E-state index is -1.23. The summed E-state index contributed by atoms with van der Waals surface area (Å²) in [6.45, 7) is 1.44. The molecule has 1 rings (SSSR count). The van der Waals surface area contributed by atoms with Gasteiger partial charge in [0.25, 0.3) is 5.91 Å². The number of hydrogen-bond donors (Lipinski definition) is 2. The first-order valence-electron chi connectivity index (χ1n) is 4.93. The summed E-state index contributed by atoms with van der Waals surface area (Å²) in [4.78, 5) is 22.7. The van der Waals surface area contributed by atoms with Gasteiger partial charge in [0.15, 0.2) is 11.6 Å². The third-order valence-electron chi connectivity index (χ3n) is 2.18. The summed E-state index contributed by atoms with van der Waals surface area (Å²) in [6.07, 6.45) is 0. The summed E-state index contributed by atoms with van der Waals surface area (Å²) in [5.41, 5.74) is -0.430. The number of amides is 2. The van der Waals surface area contributed by atoms with Gasteiger partial charge in [-0.15, -0.1) is 0 Å². The Kier molecular flexibility index (Phi) is 4.14. The predicted molar refractivity (Wildman–Crippen MR) is 57.4 cm³/mol. The fraction of sp³-hybridized carbons (Fsp3) is 0.273. The Morgan fingerprint density at radius 2 is 1.94 bits per heavy atom. The summed E-state index contributed by atoms with van der Waals surface area (Å²) >= 11 is 0. The predicted octanol–water partition coefficient (Wildman–Crippen LogP) is 0.829. The van der Waals surface area contributed by atoms with Crippen molar-refractivity contribution in [2.45, 2.75) is 13.0 Å². The molecule has 4 nitrogen and oxygen atoms in total. The molecule has 2 amide bonds. The second-order valence-corrected chi connectivity index (χ2v) is 3.41. The molecular weight excluding hydrogens is 230 g/mol. The van der Waals surface area contributed by atoms with Gasteiger partial charge in [0.05, 0.1) is 5.56 Å². The van der Waals surface area contributed by atoms with Crippen molar-refractivity contribution in [1.82, 2.24) is 10.6 Å². The van der Waals surface area contributed by atoms with Gasteiger partial charge in [0, 0.05) is 7.05 Å². The number of carbonyl (C=O) groups is 2. The van der Waals surface area contributed by atoms with Crippen LogP contribution in [-0.2, 0) is 4.79 Å². The lowest BCUT2D eigenvalue weighted by molar-refractivity contribution is -0.122. The summed E-state index contributed by atoms with van der Waals surface area (Å²) in [5, 5.41) is 4.58. The number of rotatable bonds is 3. The molecule has 0 radical (unpaired) electrons. The molecule has 17 heavy (non-hydrogen) atoms. The number of nitrogens with one attached hydrogen (secondary N) is 2. The Bertz CT molecular complexity index is 449. The third kappa shape index (κ3) is 2.99. The van der Waals surface area contributed by atoms with Crippen LogP contribution in [0.25, 0.3) is 0 Å². The van der Waals surface area contributed by atoms with Crippen molar-refractivity contribution in [3.05, 3.63) is 35.4 Å². The monoisotopic (exact) mass is 242 g/mol. The van der Waals surface area contributed by atoms with Gasteiger partial charge in [-0.2, -0.15) is 0 Å². The second kappa shape index (κ2) is 5.38. The number of likely N-dealkylation sites (N-methyl/N-ethyl adjacent to an activating group) is 1. The van der Waals surface area contributed by atoms with Crippen LogP contribution in [0, 0.1) is 11.6 Å². The van der Waals surface area contributed by atoms with Crippen molar-refractivity contribution in [1.29, 1.82) is 0 Å². The lowest BCUT2D eigenvalue weighted by Gasteiger charge is -2.12. The average molecular weight is 242 g/mol. The van der Waals surface area contributed by atoms with E-state index in [-0.39, 0.29) is 0 Å². The number of benzene rings is 1. The zero-order valence-corrected chi connectivity index (χ0v) is 9.38. The molecule has 0 spiro atoms. The minimum Gasteiger partial charge on any atom is -0.357 e. The summed E-state index contributed by atoms with van der Waals surface area (Å²) in [5.74, 6) is -3.59. The van der Waals surface area contributed by atoms with E-state index in [9.17, 15) is 18.4 Å². The van der Waals surface area contributed by atoms with Gasteiger partial charge in [-0.05, 0) is 19.1 Å². The van der Waals surface area contributed by atoms with E-state index in [4.69, 9.17) is 0 Å². The molecule has 0 heterocycles. The molecule has 1 atom stereocenters. The molecular formula is C11H12F2N2O2. The zero-order chi connectivity index (χ0) is 13.0. The lowest BCUT2D eigenvalue weighted by atomic mass is 10.1. The van der Waals surface area contributed by atoms with Crippen LogP contribution in [0.4, 0.5) is 8.78 Å². The van der Waals surface area contributed by atoms with E-state index in [0.717, 1.165) is 12.1 Å². The zero-order valence-electron chi connectivity index (χ0n) is 9.38. The van der Waals surface area contributed by atoms with Gasteiger partial charge < -0.3 is 10.6 Å².